The SMILES string of the molecule is CC(O)(CN1CCCCS1)Cn1c2ccc(F)cc2c2cc(F)ccc21. The molecule has 0 saturated carbocycles. The van der Waals surface area contributed by atoms with Crippen LogP contribution < -0.4 is 0 Å². The molecule has 2 aromatic carbocycles. The van der Waals surface area contributed by atoms with Gasteiger partial charge in [0.25, 0.3) is 0 Å². The zero-order valence-electron chi connectivity index (χ0n) is 14.7. The summed E-state index contributed by atoms with van der Waals surface area (Å²) in [6.07, 6.45) is 2.37. The van der Waals surface area contributed by atoms with Crippen LogP contribution in [0.4, 0.5) is 8.78 Å². The molecule has 6 heteroatoms. The number of halogens is 2. The molecule has 3 nitrogen and oxygen atoms in total. The van der Waals surface area contributed by atoms with E-state index in [9.17, 15) is 13.9 Å². The van der Waals surface area contributed by atoms with E-state index in [1.807, 2.05) is 11.5 Å². The Morgan fingerprint density at radius 2 is 1.62 bits per heavy atom. The summed E-state index contributed by atoms with van der Waals surface area (Å²) in [6.45, 7) is 3.72. The minimum atomic E-state index is -0.952. The second-order valence-corrected chi connectivity index (χ2v) is 8.49. The van der Waals surface area contributed by atoms with Crippen LogP contribution in [0.3, 0.4) is 0 Å². The van der Waals surface area contributed by atoms with Gasteiger partial charge in [0.15, 0.2) is 0 Å². The molecular weight excluding hydrogens is 354 g/mol. The van der Waals surface area contributed by atoms with Crippen molar-refractivity contribution < 1.29 is 13.9 Å². The first-order valence-electron chi connectivity index (χ1n) is 8.90. The average molecular weight is 376 g/mol. The van der Waals surface area contributed by atoms with Crippen molar-refractivity contribution in [3.05, 3.63) is 48.0 Å². The van der Waals surface area contributed by atoms with Gasteiger partial charge >= 0.3 is 0 Å². The Morgan fingerprint density at radius 3 is 2.15 bits per heavy atom. The van der Waals surface area contributed by atoms with Gasteiger partial charge < -0.3 is 9.67 Å². The summed E-state index contributed by atoms with van der Waals surface area (Å²) in [4.78, 5) is 0. The van der Waals surface area contributed by atoms with Gasteiger partial charge in [-0.25, -0.2) is 13.1 Å². The standard InChI is InChI=1S/C20H22F2N2OS/c1-20(25,12-23-8-2-3-9-26-23)13-24-18-6-4-14(21)10-16(18)17-11-15(22)5-7-19(17)24/h4-7,10-11,25H,2-3,8-9,12-13H2,1H3. The van der Waals surface area contributed by atoms with Crippen LogP contribution >= 0.6 is 11.9 Å². The first-order valence-corrected chi connectivity index (χ1v) is 9.84. The third-order valence-corrected chi connectivity index (χ3v) is 6.03. The van der Waals surface area contributed by atoms with E-state index in [1.54, 1.807) is 24.1 Å². The van der Waals surface area contributed by atoms with Crippen LogP contribution in [0.15, 0.2) is 36.4 Å². The van der Waals surface area contributed by atoms with E-state index in [-0.39, 0.29) is 11.6 Å². The fourth-order valence-electron chi connectivity index (χ4n) is 3.76. The molecular formula is C20H22F2N2OS. The average Bonchev–Trinajstić information content (AvgIpc) is 2.87. The topological polar surface area (TPSA) is 28.4 Å². The van der Waals surface area contributed by atoms with Crippen molar-refractivity contribution in [1.29, 1.82) is 0 Å². The van der Waals surface area contributed by atoms with Crippen molar-refractivity contribution in [3.63, 3.8) is 0 Å². The molecule has 1 aromatic heterocycles. The number of aromatic nitrogens is 1. The molecule has 4 rings (SSSR count). The van der Waals surface area contributed by atoms with Gasteiger partial charge in [0.05, 0.1) is 12.1 Å². The Labute approximate surface area is 155 Å². The van der Waals surface area contributed by atoms with Crippen molar-refractivity contribution in [3.8, 4) is 0 Å². The lowest BCUT2D eigenvalue weighted by Gasteiger charge is -2.33. The van der Waals surface area contributed by atoms with Gasteiger partial charge in [-0.1, -0.05) is 11.9 Å². The van der Waals surface area contributed by atoms with Crippen LogP contribution in [0.1, 0.15) is 19.8 Å². The summed E-state index contributed by atoms with van der Waals surface area (Å²) in [6, 6.07) is 9.08. The predicted octanol–water partition coefficient (Wildman–Crippen LogP) is 4.57. The summed E-state index contributed by atoms with van der Waals surface area (Å²) in [5, 5.41) is 12.4. The van der Waals surface area contributed by atoms with E-state index in [2.05, 4.69) is 4.31 Å². The van der Waals surface area contributed by atoms with Gasteiger partial charge in [-0.3, -0.25) is 0 Å². The smallest absolute Gasteiger partial charge is 0.123 e. The highest BCUT2D eigenvalue weighted by Crippen LogP contribution is 2.32. The van der Waals surface area contributed by atoms with E-state index in [0.717, 1.165) is 29.8 Å². The zero-order valence-corrected chi connectivity index (χ0v) is 15.5. The number of aliphatic hydroxyl groups is 1. The Bertz CT molecular complexity index is 889. The Morgan fingerprint density at radius 1 is 1.00 bits per heavy atom. The monoisotopic (exact) mass is 376 g/mol. The molecule has 0 bridgehead atoms. The first-order chi connectivity index (χ1) is 12.4. The van der Waals surface area contributed by atoms with Crippen LogP contribution in [-0.2, 0) is 6.54 Å². The van der Waals surface area contributed by atoms with Crippen molar-refractivity contribution in [2.45, 2.75) is 31.9 Å². The fourth-order valence-corrected chi connectivity index (χ4v) is 4.98. The summed E-state index contributed by atoms with van der Waals surface area (Å²) < 4.78 is 31.7. The van der Waals surface area contributed by atoms with E-state index < -0.39 is 5.60 Å². The quantitative estimate of drug-likeness (QED) is 0.676. The lowest BCUT2D eigenvalue weighted by molar-refractivity contribution is 0.0275. The minimum Gasteiger partial charge on any atom is -0.387 e. The lowest BCUT2D eigenvalue weighted by atomic mass is 10.1. The van der Waals surface area contributed by atoms with E-state index in [0.29, 0.717) is 23.9 Å². The molecule has 1 saturated heterocycles. The van der Waals surface area contributed by atoms with Crippen molar-refractivity contribution in [1.82, 2.24) is 8.87 Å². The van der Waals surface area contributed by atoms with E-state index in [1.165, 1.54) is 30.7 Å². The number of hydrogen-bond donors (Lipinski definition) is 1. The van der Waals surface area contributed by atoms with Gasteiger partial charge in [-0.05, 0) is 56.2 Å². The van der Waals surface area contributed by atoms with Crippen molar-refractivity contribution >= 4 is 33.8 Å². The summed E-state index contributed by atoms with van der Waals surface area (Å²) in [5.74, 6) is 0.388. The molecule has 1 atom stereocenters. The predicted molar refractivity (Wildman–Crippen MR) is 103 cm³/mol. The Balaban J connectivity index is 1.74. The number of rotatable bonds is 4. The van der Waals surface area contributed by atoms with Crippen molar-refractivity contribution in [2.75, 3.05) is 18.8 Å². The van der Waals surface area contributed by atoms with Gasteiger partial charge in [0.2, 0.25) is 0 Å². The molecule has 1 fully saturated rings. The maximum atomic E-state index is 13.8. The van der Waals surface area contributed by atoms with E-state index in [4.69, 9.17) is 0 Å². The first kappa shape index (κ1) is 17.8. The van der Waals surface area contributed by atoms with E-state index >= 15 is 0 Å². The summed E-state index contributed by atoms with van der Waals surface area (Å²) in [7, 11) is 0. The summed E-state index contributed by atoms with van der Waals surface area (Å²) in [5.41, 5.74) is 0.656. The van der Waals surface area contributed by atoms with Crippen LogP contribution in [-0.4, -0.2) is 38.4 Å². The number of fused-ring (bicyclic) bond motifs is 3. The molecule has 26 heavy (non-hydrogen) atoms. The van der Waals surface area contributed by atoms with Gasteiger partial charge in [-0.15, -0.1) is 0 Å². The molecule has 2 heterocycles. The maximum Gasteiger partial charge on any atom is 0.123 e. The Hall–Kier alpha value is -1.63. The second-order valence-electron chi connectivity index (χ2n) is 7.31. The molecule has 1 N–H and O–H groups in total. The van der Waals surface area contributed by atoms with Crippen LogP contribution in [0.25, 0.3) is 21.8 Å². The summed E-state index contributed by atoms with van der Waals surface area (Å²) >= 11 is 1.78. The number of benzene rings is 2. The van der Waals surface area contributed by atoms with Crippen LogP contribution in [0.2, 0.25) is 0 Å². The third kappa shape index (κ3) is 3.46. The lowest BCUT2D eigenvalue weighted by Crippen LogP contribution is -2.42. The highest BCUT2D eigenvalue weighted by Gasteiger charge is 2.28. The number of nitrogens with zero attached hydrogens (tertiary/aromatic N) is 2. The van der Waals surface area contributed by atoms with Crippen molar-refractivity contribution in [2.24, 2.45) is 0 Å². The van der Waals surface area contributed by atoms with Crippen LogP contribution in [0, 0.1) is 11.6 Å². The molecule has 3 aromatic rings. The maximum absolute atomic E-state index is 13.8. The molecule has 0 radical (unpaired) electrons. The molecule has 0 aliphatic carbocycles. The van der Waals surface area contributed by atoms with Gasteiger partial charge in [0.1, 0.15) is 11.6 Å². The van der Waals surface area contributed by atoms with Gasteiger partial charge in [-0.2, -0.15) is 0 Å². The zero-order chi connectivity index (χ0) is 18.3. The molecule has 1 aliphatic heterocycles. The third-order valence-electron chi connectivity index (χ3n) is 4.88. The van der Waals surface area contributed by atoms with Gasteiger partial charge in [0, 0.05) is 40.6 Å². The normalized spacial score (nSPS) is 18.5. The molecule has 1 unspecified atom stereocenters. The molecule has 138 valence electrons. The molecule has 0 spiro atoms. The highest BCUT2D eigenvalue weighted by molar-refractivity contribution is 7.97. The largest absolute Gasteiger partial charge is 0.387 e. The Kier molecular flexibility index (Phi) is 4.67. The van der Waals surface area contributed by atoms with Crippen LogP contribution in [0.5, 0.6) is 0 Å². The minimum absolute atomic E-state index is 0.350. The number of hydrogen-bond acceptors (Lipinski definition) is 3. The fraction of sp³-hybridized carbons (Fsp3) is 0.400. The highest BCUT2D eigenvalue weighted by atomic mass is 32.2. The number of β-amino-alcohol motifs (C(OH)–C–C–N with tert-alkyl or cyclic N) is 1. The molecule has 1 aliphatic rings. The molecule has 0 amide bonds. The second kappa shape index (κ2) is 6.83.